The maximum Gasteiger partial charge on any atom is 0.278 e. The first-order valence-corrected chi connectivity index (χ1v) is 7.71. The van der Waals surface area contributed by atoms with Crippen LogP contribution in [0.15, 0.2) is 10.9 Å². The lowest BCUT2D eigenvalue weighted by Crippen LogP contribution is -2.32. The standard InChI is InChI=1S/C15H18N4O3/c1-2-9-6-12-16-13-11(14(20)19(12)17-9)8-18(15(13)21)7-10-4-3-5-22-10/h6,10,17H,2-5,7-8H2,1H3/t10-/m1/s1. The molecule has 4 heterocycles. The number of amides is 1. The number of ether oxygens (including phenoxy) is 1. The summed E-state index contributed by atoms with van der Waals surface area (Å²) in [5.74, 6) is -0.163. The van der Waals surface area contributed by atoms with Crippen molar-refractivity contribution in [2.45, 2.75) is 38.8 Å². The van der Waals surface area contributed by atoms with Gasteiger partial charge in [-0.05, 0) is 19.3 Å². The van der Waals surface area contributed by atoms with E-state index in [-0.39, 0.29) is 17.6 Å². The fraction of sp³-hybridized carbons (Fsp3) is 0.533. The average Bonchev–Trinajstić information content (AvgIpc) is 3.22. The van der Waals surface area contributed by atoms with Crippen molar-refractivity contribution < 1.29 is 9.53 Å². The molecule has 2 aromatic heterocycles. The molecule has 4 rings (SSSR count). The number of H-pyrrole nitrogens is 1. The van der Waals surface area contributed by atoms with E-state index in [0.29, 0.717) is 30.0 Å². The first-order valence-electron chi connectivity index (χ1n) is 7.71. The summed E-state index contributed by atoms with van der Waals surface area (Å²) in [6.45, 7) is 3.61. The van der Waals surface area contributed by atoms with E-state index >= 15 is 0 Å². The Labute approximate surface area is 126 Å². The van der Waals surface area contributed by atoms with E-state index in [1.165, 1.54) is 4.52 Å². The first kappa shape index (κ1) is 13.5. The molecule has 1 amide bonds. The Hall–Kier alpha value is -2.15. The Morgan fingerprint density at radius 3 is 3.05 bits per heavy atom. The van der Waals surface area contributed by atoms with Gasteiger partial charge in [0.15, 0.2) is 5.65 Å². The summed E-state index contributed by atoms with van der Waals surface area (Å²) in [5.41, 5.74) is 2.03. The highest BCUT2D eigenvalue weighted by Gasteiger charge is 2.34. The summed E-state index contributed by atoms with van der Waals surface area (Å²) < 4.78 is 7.01. The van der Waals surface area contributed by atoms with E-state index in [2.05, 4.69) is 10.1 Å². The van der Waals surface area contributed by atoms with E-state index < -0.39 is 0 Å². The number of hydrogen-bond donors (Lipinski definition) is 1. The Balaban J connectivity index is 1.70. The normalized spacial score (nSPS) is 21.0. The largest absolute Gasteiger partial charge is 0.376 e. The highest BCUT2D eigenvalue weighted by molar-refractivity contribution is 5.96. The van der Waals surface area contributed by atoms with E-state index in [9.17, 15) is 9.59 Å². The average molecular weight is 302 g/mol. The highest BCUT2D eigenvalue weighted by atomic mass is 16.5. The lowest BCUT2D eigenvalue weighted by molar-refractivity contribution is 0.0542. The molecule has 1 atom stereocenters. The molecule has 1 N–H and O–H groups in total. The minimum absolute atomic E-state index is 0.0811. The predicted octanol–water partition coefficient (Wildman–Crippen LogP) is 0.720. The molecule has 0 aliphatic carbocycles. The fourth-order valence-electron chi connectivity index (χ4n) is 3.20. The zero-order valence-corrected chi connectivity index (χ0v) is 12.5. The van der Waals surface area contributed by atoms with Crippen LogP contribution < -0.4 is 5.56 Å². The van der Waals surface area contributed by atoms with Crippen molar-refractivity contribution in [1.82, 2.24) is 19.5 Å². The molecule has 22 heavy (non-hydrogen) atoms. The number of aromatic amines is 1. The Morgan fingerprint density at radius 1 is 1.45 bits per heavy atom. The topological polar surface area (TPSA) is 79.7 Å². The Bertz CT molecular complexity index is 801. The first-order chi connectivity index (χ1) is 10.7. The number of carbonyl (C=O) groups excluding carboxylic acids is 1. The minimum Gasteiger partial charge on any atom is -0.376 e. The van der Waals surface area contributed by atoms with Gasteiger partial charge in [0.1, 0.15) is 5.69 Å². The number of hydrogen-bond acceptors (Lipinski definition) is 4. The molecule has 0 unspecified atom stereocenters. The molecule has 0 aromatic carbocycles. The van der Waals surface area contributed by atoms with Gasteiger partial charge in [-0.2, -0.15) is 0 Å². The number of fused-ring (bicyclic) bond motifs is 2. The number of nitrogens with one attached hydrogen (secondary N) is 1. The van der Waals surface area contributed by atoms with Gasteiger partial charge in [0.2, 0.25) is 0 Å². The predicted molar refractivity (Wildman–Crippen MR) is 78.9 cm³/mol. The molecule has 1 saturated heterocycles. The molecule has 2 aliphatic rings. The van der Waals surface area contributed by atoms with Crippen molar-refractivity contribution in [2.24, 2.45) is 0 Å². The van der Waals surface area contributed by atoms with Crippen LogP contribution in [-0.2, 0) is 17.7 Å². The highest BCUT2D eigenvalue weighted by Crippen LogP contribution is 2.22. The van der Waals surface area contributed by atoms with E-state index in [1.54, 1.807) is 4.90 Å². The zero-order chi connectivity index (χ0) is 15.3. The molecule has 2 aliphatic heterocycles. The van der Waals surface area contributed by atoms with Crippen molar-refractivity contribution in [2.75, 3.05) is 13.2 Å². The summed E-state index contributed by atoms with van der Waals surface area (Å²) in [7, 11) is 0. The molecule has 0 saturated carbocycles. The maximum absolute atomic E-state index is 12.6. The molecule has 0 radical (unpaired) electrons. The zero-order valence-electron chi connectivity index (χ0n) is 12.5. The lowest BCUT2D eigenvalue weighted by atomic mass is 10.2. The van der Waals surface area contributed by atoms with Crippen molar-refractivity contribution >= 4 is 11.6 Å². The van der Waals surface area contributed by atoms with Crippen molar-refractivity contribution in [3.8, 4) is 0 Å². The maximum atomic E-state index is 12.6. The number of nitrogens with zero attached hydrogens (tertiary/aromatic N) is 3. The van der Waals surface area contributed by atoms with Crippen LogP contribution in [0.4, 0.5) is 0 Å². The van der Waals surface area contributed by atoms with Gasteiger partial charge in [-0.15, -0.1) is 0 Å². The van der Waals surface area contributed by atoms with Gasteiger partial charge < -0.3 is 9.64 Å². The third-order valence-electron chi connectivity index (χ3n) is 4.43. The van der Waals surface area contributed by atoms with Gasteiger partial charge in [0, 0.05) is 24.9 Å². The van der Waals surface area contributed by atoms with Crippen LogP contribution in [0, 0.1) is 0 Å². The number of aryl methyl sites for hydroxylation is 1. The SMILES string of the molecule is CCc1cc2nc3c(c(=O)n2[nH]1)CN(C[C@H]1CCCO1)C3=O. The molecule has 0 bridgehead atoms. The molecule has 2 aromatic rings. The smallest absolute Gasteiger partial charge is 0.278 e. The van der Waals surface area contributed by atoms with Crippen LogP contribution in [0.2, 0.25) is 0 Å². The van der Waals surface area contributed by atoms with E-state index in [4.69, 9.17) is 4.74 Å². The van der Waals surface area contributed by atoms with E-state index in [0.717, 1.165) is 31.6 Å². The Morgan fingerprint density at radius 2 is 2.32 bits per heavy atom. The lowest BCUT2D eigenvalue weighted by Gasteiger charge is -2.19. The third-order valence-corrected chi connectivity index (χ3v) is 4.43. The number of carbonyl (C=O) groups is 1. The Kier molecular flexibility index (Phi) is 3.04. The van der Waals surface area contributed by atoms with Crippen molar-refractivity contribution in [1.29, 1.82) is 0 Å². The second-order valence-corrected chi connectivity index (χ2v) is 5.89. The van der Waals surface area contributed by atoms with Gasteiger partial charge in [0.25, 0.3) is 11.5 Å². The number of aromatic nitrogens is 3. The van der Waals surface area contributed by atoms with Gasteiger partial charge in [-0.1, -0.05) is 6.92 Å². The van der Waals surface area contributed by atoms with Crippen LogP contribution in [0.25, 0.3) is 5.65 Å². The quantitative estimate of drug-likeness (QED) is 0.906. The molecular formula is C15H18N4O3. The summed E-state index contributed by atoms with van der Waals surface area (Å²) in [6.07, 6.45) is 2.86. The van der Waals surface area contributed by atoms with Gasteiger partial charge in [-0.3, -0.25) is 14.7 Å². The summed E-state index contributed by atoms with van der Waals surface area (Å²) in [4.78, 5) is 31.1. The fourth-order valence-corrected chi connectivity index (χ4v) is 3.20. The third kappa shape index (κ3) is 1.96. The van der Waals surface area contributed by atoms with Crippen LogP contribution in [0.3, 0.4) is 0 Å². The second kappa shape index (κ2) is 4.95. The molecule has 0 spiro atoms. The van der Waals surface area contributed by atoms with Crippen LogP contribution in [-0.4, -0.2) is 44.7 Å². The molecule has 116 valence electrons. The van der Waals surface area contributed by atoms with Crippen LogP contribution >= 0.6 is 0 Å². The molecule has 7 heteroatoms. The second-order valence-electron chi connectivity index (χ2n) is 5.89. The van der Waals surface area contributed by atoms with Crippen molar-refractivity contribution in [3.05, 3.63) is 33.4 Å². The monoisotopic (exact) mass is 302 g/mol. The van der Waals surface area contributed by atoms with Crippen LogP contribution in [0.1, 0.15) is 41.5 Å². The van der Waals surface area contributed by atoms with Gasteiger partial charge in [0.05, 0.1) is 18.2 Å². The summed E-state index contributed by atoms with van der Waals surface area (Å²) in [5, 5.41) is 3.03. The van der Waals surface area contributed by atoms with Crippen molar-refractivity contribution in [3.63, 3.8) is 0 Å². The molecule has 7 nitrogen and oxygen atoms in total. The van der Waals surface area contributed by atoms with Crippen LogP contribution in [0.5, 0.6) is 0 Å². The molecule has 1 fully saturated rings. The van der Waals surface area contributed by atoms with E-state index in [1.807, 2.05) is 13.0 Å². The molecular weight excluding hydrogens is 284 g/mol. The van der Waals surface area contributed by atoms with Gasteiger partial charge in [-0.25, -0.2) is 9.50 Å². The summed E-state index contributed by atoms with van der Waals surface area (Å²) in [6, 6.07) is 1.82. The minimum atomic E-state index is -0.178. The summed E-state index contributed by atoms with van der Waals surface area (Å²) >= 11 is 0. The van der Waals surface area contributed by atoms with Gasteiger partial charge >= 0.3 is 0 Å². The number of rotatable bonds is 3.